The van der Waals surface area contributed by atoms with E-state index in [0.29, 0.717) is 4.90 Å². The standard InChI is InChI=1S/C6H11ClF3N/c1-3-11(4-2)6(9,10)5(7)8/h5H,3-4H2,1-2H3. The molecule has 1 unspecified atom stereocenters. The van der Waals surface area contributed by atoms with E-state index in [0.717, 1.165) is 0 Å². The molecular weight excluding hydrogens is 179 g/mol. The van der Waals surface area contributed by atoms with E-state index in [1.54, 1.807) is 0 Å². The third-order valence-electron chi connectivity index (χ3n) is 1.45. The van der Waals surface area contributed by atoms with Gasteiger partial charge in [-0.25, -0.2) is 9.29 Å². The molecule has 1 nitrogen and oxygen atoms in total. The third kappa shape index (κ3) is 2.52. The topological polar surface area (TPSA) is 3.24 Å². The largest absolute Gasteiger partial charge is 0.349 e. The van der Waals surface area contributed by atoms with E-state index < -0.39 is 11.7 Å². The summed E-state index contributed by atoms with van der Waals surface area (Å²) in [6.07, 6.45) is 0. The Morgan fingerprint density at radius 3 is 1.82 bits per heavy atom. The highest BCUT2D eigenvalue weighted by Gasteiger charge is 2.43. The highest BCUT2D eigenvalue weighted by molar-refractivity contribution is 6.20. The quantitative estimate of drug-likeness (QED) is 0.485. The molecule has 0 rings (SSSR count). The summed E-state index contributed by atoms with van der Waals surface area (Å²) in [5.74, 6) is 0. The van der Waals surface area contributed by atoms with Gasteiger partial charge < -0.3 is 0 Å². The van der Waals surface area contributed by atoms with Crippen LogP contribution in [0.3, 0.4) is 0 Å². The van der Waals surface area contributed by atoms with Crippen molar-refractivity contribution in [3.05, 3.63) is 0 Å². The molecule has 0 aromatic heterocycles. The van der Waals surface area contributed by atoms with Gasteiger partial charge in [0.25, 0.3) is 5.63 Å². The number of nitrogens with zero attached hydrogens (tertiary/aromatic N) is 1. The molecule has 1 atom stereocenters. The van der Waals surface area contributed by atoms with Crippen LogP contribution in [0, 0.1) is 0 Å². The minimum absolute atomic E-state index is 0.0800. The molecule has 0 heterocycles. The second-order valence-electron chi connectivity index (χ2n) is 2.06. The molecule has 0 aliphatic rings. The monoisotopic (exact) mass is 189 g/mol. The molecule has 0 fully saturated rings. The third-order valence-corrected chi connectivity index (χ3v) is 1.71. The molecule has 0 aromatic rings. The van der Waals surface area contributed by atoms with Crippen LogP contribution in [0.15, 0.2) is 0 Å². The summed E-state index contributed by atoms with van der Waals surface area (Å²) in [7, 11) is 0. The maximum Gasteiger partial charge on any atom is 0.349 e. The minimum atomic E-state index is -3.55. The molecule has 68 valence electrons. The molecule has 0 bridgehead atoms. The van der Waals surface area contributed by atoms with Crippen LogP contribution in [0.1, 0.15) is 13.8 Å². The molecule has 0 saturated heterocycles. The van der Waals surface area contributed by atoms with Gasteiger partial charge in [-0.3, -0.25) is 0 Å². The van der Waals surface area contributed by atoms with Crippen LogP contribution >= 0.6 is 11.6 Å². The average Bonchev–Trinajstić information content (AvgIpc) is 1.89. The van der Waals surface area contributed by atoms with Crippen molar-refractivity contribution >= 4 is 11.6 Å². The Bertz CT molecular complexity index is 114. The molecule has 0 radical (unpaired) electrons. The molecule has 0 N–H and O–H groups in total. The second-order valence-corrected chi connectivity index (χ2v) is 2.44. The van der Waals surface area contributed by atoms with Crippen molar-refractivity contribution in [3.63, 3.8) is 0 Å². The van der Waals surface area contributed by atoms with Crippen molar-refractivity contribution < 1.29 is 13.2 Å². The lowest BCUT2D eigenvalue weighted by molar-refractivity contribution is -0.167. The van der Waals surface area contributed by atoms with E-state index in [9.17, 15) is 13.2 Å². The highest BCUT2D eigenvalue weighted by Crippen LogP contribution is 2.28. The van der Waals surface area contributed by atoms with Crippen LogP contribution in [0.2, 0.25) is 0 Å². The first-order valence-electron chi connectivity index (χ1n) is 3.37. The fourth-order valence-corrected chi connectivity index (χ4v) is 0.921. The Kier molecular flexibility index (Phi) is 4.18. The molecule has 0 aliphatic heterocycles. The summed E-state index contributed by atoms with van der Waals surface area (Å²) < 4.78 is 37.3. The first-order valence-corrected chi connectivity index (χ1v) is 3.81. The number of alkyl halides is 4. The van der Waals surface area contributed by atoms with Gasteiger partial charge in [-0.15, -0.1) is 0 Å². The number of halogens is 4. The molecule has 0 aliphatic carbocycles. The summed E-state index contributed by atoms with van der Waals surface area (Å²) >= 11 is 4.66. The molecule has 0 saturated carbocycles. The van der Waals surface area contributed by atoms with Crippen LogP contribution in [-0.4, -0.2) is 29.7 Å². The van der Waals surface area contributed by atoms with Gasteiger partial charge in [0.1, 0.15) is 0 Å². The summed E-state index contributed by atoms with van der Waals surface area (Å²) in [6, 6.07) is -3.55. The molecule has 5 heteroatoms. The zero-order valence-corrected chi connectivity index (χ0v) is 7.21. The summed E-state index contributed by atoms with van der Waals surface area (Å²) in [5, 5.41) is 0. The highest BCUT2D eigenvalue weighted by atomic mass is 35.5. The Balaban J connectivity index is 4.24. The van der Waals surface area contributed by atoms with Crippen molar-refractivity contribution in [2.24, 2.45) is 0 Å². The van der Waals surface area contributed by atoms with Gasteiger partial charge in [0.2, 0.25) is 0 Å². The molecular formula is C6H11ClF3N. The number of hydrogen-bond acceptors (Lipinski definition) is 1. The van der Waals surface area contributed by atoms with Crippen LogP contribution < -0.4 is 0 Å². The molecule has 0 spiro atoms. The maximum atomic E-state index is 12.6. The van der Waals surface area contributed by atoms with Gasteiger partial charge >= 0.3 is 6.05 Å². The lowest BCUT2D eigenvalue weighted by Crippen LogP contribution is -2.46. The molecule has 0 amide bonds. The van der Waals surface area contributed by atoms with Crippen molar-refractivity contribution in [3.8, 4) is 0 Å². The first kappa shape index (κ1) is 11.0. The predicted molar refractivity (Wildman–Crippen MR) is 38.6 cm³/mol. The average molecular weight is 190 g/mol. The van der Waals surface area contributed by atoms with Gasteiger partial charge in [0.15, 0.2) is 0 Å². The van der Waals surface area contributed by atoms with Gasteiger partial charge in [-0.05, 0) is 0 Å². The number of hydrogen-bond donors (Lipinski definition) is 0. The van der Waals surface area contributed by atoms with Crippen LogP contribution in [-0.2, 0) is 0 Å². The zero-order chi connectivity index (χ0) is 9.07. The maximum absolute atomic E-state index is 12.6. The lowest BCUT2D eigenvalue weighted by Gasteiger charge is -2.28. The van der Waals surface area contributed by atoms with Gasteiger partial charge in [0.05, 0.1) is 0 Å². The number of rotatable bonds is 4. The first-order chi connectivity index (χ1) is 4.96. The SMILES string of the molecule is CCN(CC)C(F)(F)C(F)Cl. The van der Waals surface area contributed by atoms with E-state index in [2.05, 4.69) is 11.6 Å². The molecule has 0 aromatic carbocycles. The summed E-state index contributed by atoms with van der Waals surface area (Å²) in [6.45, 7) is 3.21. The van der Waals surface area contributed by atoms with E-state index in [1.807, 2.05) is 0 Å². The van der Waals surface area contributed by atoms with Crippen LogP contribution in [0.25, 0.3) is 0 Å². The Morgan fingerprint density at radius 1 is 1.36 bits per heavy atom. The van der Waals surface area contributed by atoms with Crippen molar-refractivity contribution in [2.45, 2.75) is 25.5 Å². The van der Waals surface area contributed by atoms with Gasteiger partial charge in [0, 0.05) is 13.1 Å². The van der Waals surface area contributed by atoms with Crippen LogP contribution in [0.4, 0.5) is 13.2 Å². The smallest absolute Gasteiger partial charge is 0.241 e. The predicted octanol–water partition coefficient (Wildman–Crippen LogP) is 2.46. The van der Waals surface area contributed by atoms with Gasteiger partial charge in [-0.2, -0.15) is 8.78 Å². The fourth-order valence-electron chi connectivity index (χ4n) is 0.783. The van der Waals surface area contributed by atoms with E-state index in [-0.39, 0.29) is 13.1 Å². The summed E-state index contributed by atoms with van der Waals surface area (Å²) in [5.41, 5.74) is -2.64. The van der Waals surface area contributed by atoms with E-state index in [1.165, 1.54) is 13.8 Å². The Hall–Kier alpha value is 0.0400. The van der Waals surface area contributed by atoms with Crippen molar-refractivity contribution in [1.29, 1.82) is 0 Å². The van der Waals surface area contributed by atoms with Gasteiger partial charge in [-0.1, -0.05) is 25.4 Å². The minimum Gasteiger partial charge on any atom is -0.241 e. The Labute approximate surface area is 69.1 Å². The van der Waals surface area contributed by atoms with E-state index in [4.69, 9.17) is 0 Å². The van der Waals surface area contributed by atoms with Crippen LogP contribution in [0.5, 0.6) is 0 Å². The van der Waals surface area contributed by atoms with E-state index >= 15 is 0 Å². The molecule has 11 heavy (non-hydrogen) atoms. The second kappa shape index (κ2) is 4.16. The van der Waals surface area contributed by atoms with Crippen molar-refractivity contribution in [1.82, 2.24) is 4.90 Å². The summed E-state index contributed by atoms with van der Waals surface area (Å²) in [4.78, 5) is 0.671. The zero-order valence-electron chi connectivity index (χ0n) is 6.45. The lowest BCUT2D eigenvalue weighted by atomic mass is 10.4. The van der Waals surface area contributed by atoms with Crippen molar-refractivity contribution in [2.75, 3.05) is 13.1 Å². The normalized spacial score (nSPS) is 15.5. The Morgan fingerprint density at radius 2 is 1.73 bits per heavy atom. The fraction of sp³-hybridized carbons (Fsp3) is 1.00.